The third-order valence-electron chi connectivity index (χ3n) is 5.47. The monoisotopic (exact) mass is 517 g/mol. The van der Waals surface area contributed by atoms with Crippen LogP contribution >= 0.6 is 23.2 Å². The van der Waals surface area contributed by atoms with Crippen LogP contribution in [0.25, 0.3) is 11.5 Å². The molecule has 1 atom stereocenters. The maximum Gasteiger partial charge on any atom is 0.344 e. The molecule has 2 aromatic carbocycles. The van der Waals surface area contributed by atoms with E-state index in [0.717, 1.165) is 17.0 Å². The molecular formula is C27H29Cl2NO5. The Balaban J connectivity index is 1.77. The highest BCUT2D eigenvalue weighted by molar-refractivity contribution is 6.36. The minimum Gasteiger partial charge on any atom is -0.482 e. The van der Waals surface area contributed by atoms with E-state index in [4.69, 9.17) is 37.1 Å². The zero-order chi connectivity index (χ0) is 25.7. The predicted octanol–water partition coefficient (Wildman–Crippen LogP) is 7.08. The highest BCUT2D eigenvalue weighted by atomic mass is 35.5. The number of rotatable bonds is 10. The van der Waals surface area contributed by atoms with Crippen LogP contribution in [-0.4, -0.2) is 30.0 Å². The van der Waals surface area contributed by atoms with Crippen LogP contribution in [0.5, 0.6) is 5.75 Å². The third-order valence-corrected chi connectivity index (χ3v) is 6.02. The molecule has 0 spiro atoms. The number of hydrogen-bond acceptors (Lipinski definition) is 6. The fourth-order valence-corrected chi connectivity index (χ4v) is 4.20. The topological polar surface area (TPSA) is 78.6 Å². The van der Waals surface area contributed by atoms with Gasteiger partial charge in [-0.25, -0.2) is 9.78 Å². The first-order chi connectivity index (χ1) is 16.6. The van der Waals surface area contributed by atoms with Gasteiger partial charge in [-0.3, -0.25) is 4.79 Å². The summed E-state index contributed by atoms with van der Waals surface area (Å²) >= 11 is 12.4. The van der Waals surface area contributed by atoms with Crippen molar-refractivity contribution in [1.29, 1.82) is 0 Å². The van der Waals surface area contributed by atoms with Gasteiger partial charge in [0.05, 0.1) is 22.9 Å². The Morgan fingerprint density at radius 2 is 1.83 bits per heavy atom. The van der Waals surface area contributed by atoms with Gasteiger partial charge in [0, 0.05) is 28.8 Å². The van der Waals surface area contributed by atoms with Crippen molar-refractivity contribution in [3.05, 3.63) is 69.0 Å². The Morgan fingerprint density at radius 3 is 2.46 bits per heavy atom. The summed E-state index contributed by atoms with van der Waals surface area (Å²) in [6.45, 7) is 9.59. The van der Waals surface area contributed by atoms with Crippen LogP contribution in [0, 0.1) is 12.8 Å². The molecule has 35 heavy (non-hydrogen) atoms. The summed E-state index contributed by atoms with van der Waals surface area (Å²) in [5, 5.41) is 0.979. The second-order valence-corrected chi connectivity index (χ2v) is 9.50. The largest absolute Gasteiger partial charge is 0.482 e. The van der Waals surface area contributed by atoms with Crippen LogP contribution < -0.4 is 4.74 Å². The summed E-state index contributed by atoms with van der Waals surface area (Å²) in [4.78, 5) is 29.4. The minimum atomic E-state index is -0.437. The lowest BCUT2D eigenvalue weighted by molar-refractivity contribution is -0.145. The molecule has 6 nitrogen and oxygen atoms in total. The molecule has 0 saturated carbocycles. The smallest absolute Gasteiger partial charge is 0.344 e. The van der Waals surface area contributed by atoms with E-state index in [9.17, 15) is 9.59 Å². The Bertz CT molecular complexity index is 1220. The summed E-state index contributed by atoms with van der Waals surface area (Å²) in [5.74, 6) is 0.954. The van der Waals surface area contributed by atoms with Crippen LogP contribution in [0.1, 0.15) is 61.0 Å². The number of nitrogens with zero attached hydrogens (tertiary/aromatic N) is 1. The molecule has 1 aromatic heterocycles. The van der Waals surface area contributed by atoms with Gasteiger partial charge in [-0.1, -0.05) is 44.0 Å². The van der Waals surface area contributed by atoms with Crippen molar-refractivity contribution in [1.82, 2.24) is 4.98 Å². The van der Waals surface area contributed by atoms with E-state index in [1.54, 1.807) is 43.3 Å². The van der Waals surface area contributed by atoms with Crippen LogP contribution in [-0.2, 0) is 16.0 Å². The van der Waals surface area contributed by atoms with Crippen molar-refractivity contribution in [3.63, 3.8) is 0 Å². The number of carbonyl (C=O) groups excluding carboxylic acids is 2. The number of Topliss-reactive ketones (excluding diaryl/α,β-unsaturated/α-hetero) is 1. The molecule has 0 aliphatic heterocycles. The molecular weight excluding hydrogens is 489 g/mol. The summed E-state index contributed by atoms with van der Waals surface area (Å²) in [6.07, 6.45) is 0.418. The van der Waals surface area contributed by atoms with Crippen LogP contribution in [0.3, 0.4) is 0 Å². The van der Waals surface area contributed by atoms with Crippen LogP contribution in [0.2, 0.25) is 10.0 Å². The number of esters is 1. The second kappa shape index (κ2) is 11.7. The Labute approximate surface area is 215 Å². The van der Waals surface area contributed by atoms with E-state index in [1.807, 2.05) is 27.7 Å². The number of ketones is 1. The molecule has 0 bridgehead atoms. The second-order valence-electron chi connectivity index (χ2n) is 8.65. The molecule has 0 radical (unpaired) electrons. The first-order valence-corrected chi connectivity index (χ1v) is 12.2. The van der Waals surface area contributed by atoms with Crippen molar-refractivity contribution in [2.75, 3.05) is 13.2 Å². The lowest BCUT2D eigenvalue weighted by Gasteiger charge is -2.13. The van der Waals surface area contributed by atoms with Gasteiger partial charge in [0.2, 0.25) is 5.89 Å². The maximum absolute atomic E-state index is 13.2. The number of oxazole rings is 1. The highest BCUT2D eigenvalue weighted by Gasteiger charge is 2.24. The van der Waals surface area contributed by atoms with E-state index in [2.05, 4.69) is 4.98 Å². The van der Waals surface area contributed by atoms with E-state index >= 15 is 0 Å². The number of carbonyl (C=O) groups is 2. The first-order valence-electron chi connectivity index (χ1n) is 11.5. The highest BCUT2D eigenvalue weighted by Crippen LogP contribution is 2.34. The summed E-state index contributed by atoms with van der Waals surface area (Å²) in [5.41, 5.74) is 2.70. The Kier molecular flexibility index (Phi) is 8.98. The predicted molar refractivity (Wildman–Crippen MR) is 137 cm³/mol. The van der Waals surface area contributed by atoms with Gasteiger partial charge in [-0.05, 0) is 55.8 Å². The molecule has 0 N–H and O–H groups in total. The molecule has 0 amide bonds. The summed E-state index contributed by atoms with van der Waals surface area (Å²) in [6, 6.07) is 10.3. The van der Waals surface area contributed by atoms with Gasteiger partial charge < -0.3 is 13.9 Å². The van der Waals surface area contributed by atoms with Crippen molar-refractivity contribution in [2.45, 2.75) is 47.0 Å². The number of ether oxygens (including phenoxy) is 2. The summed E-state index contributed by atoms with van der Waals surface area (Å²) in [7, 11) is 0. The normalized spacial score (nSPS) is 12.0. The lowest BCUT2D eigenvalue weighted by Crippen LogP contribution is -2.16. The zero-order valence-corrected chi connectivity index (χ0v) is 22.0. The number of hydrogen-bond donors (Lipinski definition) is 0. The van der Waals surface area contributed by atoms with Crippen molar-refractivity contribution >= 4 is 35.0 Å². The fourth-order valence-electron chi connectivity index (χ4n) is 3.71. The number of halogens is 2. The molecule has 186 valence electrons. The standard InChI is InChI=1S/C27H29Cl2NO5/c1-6-33-24(31)14-34-23-10-7-18(11-16(23)4)25(32)17(5)12-22-26(15(2)3)35-27(30-22)20-9-8-19(28)13-21(20)29/h7-11,13,15,17H,6,12,14H2,1-5H3. The quantitative estimate of drug-likeness (QED) is 0.211. The average molecular weight is 518 g/mol. The SMILES string of the molecule is CCOC(=O)COc1ccc(C(=O)C(C)Cc2nc(-c3ccc(Cl)cc3Cl)oc2C(C)C)cc1C. The molecule has 8 heteroatoms. The van der Waals surface area contributed by atoms with E-state index in [1.165, 1.54) is 0 Å². The molecule has 0 saturated heterocycles. The average Bonchev–Trinajstić information content (AvgIpc) is 3.21. The fraction of sp³-hybridized carbons (Fsp3) is 0.370. The van der Waals surface area contributed by atoms with Crippen molar-refractivity contribution in [3.8, 4) is 17.2 Å². The van der Waals surface area contributed by atoms with Crippen LogP contribution in [0.15, 0.2) is 40.8 Å². The van der Waals surface area contributed by atoms with E-state index < -0.39 is 5.97 Å². The van der Waals surface area contributed by atoms with Crippen molar-refractivity contribution in [2.24, 2.45) is 5.92 Å². The van der Waals surface area contributed by atoms with Gasteiger partial charge in [-0.15, -0.1) is 0 Å². The van der Waals surface area contributed by atoms with Gasteiger partial charge >= 0.3 is 5.97 Å². The van der Waals surface area contributed by atoms with E-state index in [0.29, 0.717) is 45.8 Å². The molecule has 3 rings (SSSR count). The molecule has 1 unspecified atom stereocenters. The molecule has 0 aliphatic rings. The third kappa shape index (κ3) is 6.65. The Hall–Kier alpha value is -2.83. The Morgan fingerprint density at radius 1 is 1.09 bits per heavy atom. The maximum atomic E-state index is 13.2. The molecule has 0 aliphatic carbocycles. The molecule has 1 heterocycles. The van der Waals surface area contributed by atoms with Gasteiger partial charge in [0.1, 0.15) is 11.5 Å². The number of aryl methyl sites for hydroxylation is 1. The number of aromatic nitrogens is 1. The van der Waals surface area contributed by atoms with Gasteiger partial charge in [0.25, 0.3) is 0 Å². The zero-order valence-electron chi connectivity index (χ0n) is 20.5. The van der Waals surface area contributed by atoms with Crippen molar-refractivity contribution < 1.29 is 23.5 Å². The lowest BCUT2D eigenvalue weighted by atomic mass is 9.92. The summed E-state index contributed by atoms with van der Waals surface area (Å²) < 4.78 is 16.5. The number of benzene rings is 2. The van der Waals surface area contributed by atoms with Gasteiger partial charge in [0.15, 0.2) is 12.4 Å². The minimum absolute atomic E-state index is 0.0196. The molecule has 3 aromatic rings. The molecule has 0 fully saturated rings. The van der Waals surface area contributed by atoms with E-state index in [-0.39, 0.29) is 24.2 Å². The van der Waals surface area contributed by atoms with Crippen LogP contribution in [0.4, 0.5) is 0 Å². The van der Waals surface area contributed by atoms with Gasteiger partial charge in [-0.2, -0.15) is 0 Å². The first kappa shape index (κ1) is 26.8.